The lowest BCUT2D eigenvalue weighted by Gasteiger charge is -2.46. The Labute approximate surface area is 128 Å². The van der Waals surface area contributed by atoms with Crippen LogP contribution in [0.15, 0.2) is 12.1 Å². The lowest BCUT2D eigenvalue weighted by atomic mass is 9.79. The maximum Gasteiger partial charge on any atom is 0.407 e. The van der Waals surface area contributed by atoms with Crippen molar-refractivity contribution >= 4 is 6.09 Å². The largest absolute Gasteiger partial charge is 0.454 e. The summed E-state index contributed by atoms with van der Waals surface area (Å²) in [7, 11) is 0. The molecule has 6 heteroatoms. The van der Waals surface area contributed by atoms with Crippen LogP contribution in [0.4, 0.5) is 4.79 Å². The third-order valence-electron chi connectivity index (χ3n) is 5.39. The number of alkyl carbamates (subject to hydrolysis) is 1. The van der Waals surface area contributed by atoms with Crippen LogP contribution in [0.3, 0.4) is 0 Å². The van der Waals surface area contributed by atoms with Gasteiger partial charge < -0.3 is 19.5 Å². The first-order valence-corrected chi connectivity index (χ1v) is 7.86. The smallest absolute Gasteiger partial charge is 0.407 e. The molecule has 1 aromatic carbocycles. The number of benzene rings is 1. The van der Waals surface area contributed by atoms with Gasteiger partial charge in [0.1, 0.15) is 5.60 Å². The number of fused-ring (bicyclic) bond motifs is 4. The van der Waals surface area contributed by atoms with E-state index in [2.05, 4.69) is 22.3 Å². The van der Waals surface area contributed by atoms with Crippen molar-refractivity contribution in [3.63, 3.8) is 0 Å². The van der Waals surface area contributed by atoms with Crippen molar-refractivity contribution in [1.29, 1.82) is 0 Å². The lowest BCUT2D eigenvalue weighted by molar-refractivity contribution is -0.0296. The molecule has 4 aliphatic rings. The number of nitrogens with zero attached hydrogens (tertiary/aromatic N) is 1. The third-order valence-corrected chi connectivity index (χ3v) is 5.39. The van der Waals surface area contributed by atoms with Gasteiger partial charge >= 0.3 is 6.09 Å². The van der Waals surface area contributed by atoms with Crippen LogP contribution in [0.1, 0.15) is 30.0 Å². The zero-order valence-electron chi connectivity index (χ0n) is 12.3. The summed E-state index contributed by atoms with van der Waals surface area (Å²) in [5.74, 6) is 1.69. The standard InChI is InChI=1S/C16H18N2O4/c19-15-17-8-16(22-15)2-4-18-3-1-10-5-13-14(21-9-20-13)6-11(10)12(18)7-16/h5-6,12H,1-4,7-9H2,(H,17,19)/t12-,16-/m0/s1. The molecule has 0 radical (unpaired) electrons. The van der Waals surface area contributed by atoms with Crippen LogP contribution in [-0.4, -0.2) is 43.0 Å². The number of hydrogen-bond acceptors (Lipinski definition) is 5. The SMILES string of the molecule is O=C1NC[C@@]2(CCN3CCc4cc5c(cc4[C@@H]3C2)OCO5)O1. The normalized spacial score (nSPS) is 32.4. The van der Waals surface area contributed by atoms with Gasteiger partial charge in [-0.25, -0.2) is 4.79 Å². The number of carbonyl (C=O) groups is 1. The zero-order valence-corrected chi connectivity index (χ0v) is 12.3. The van der Waals surface area contributed by atoms with E-state index in [1.807, 2.05) is 0 Å². The first-order chi connectivity index (χ1) is 10.7. The van der Waals surface area contributed by atoms with Gasteiger partial charge in [-0.1, -0.05) is 0 Å². The van der Waals surface area contributed by atoms with Crippen molar-refractivity contribution in [3.8, 4) is 11.5 Å². The molecule has 0 unspecified atom stereocenters. The van der Waals surface area contributed by atoms with Gasteiger partial charge in [0.2, 0.25) is 6.79 Å². The molecule has 2 atom stereocenters. The Bertz CT molecular complexity index is 662. The molecule has 0 saturated carbocycles. The van der Waals surface area contributed by atoms with Crippen LogP contribution in [0.2, 0.25) is 0 Å². The summed E-state index contributed by atoms with van der Waals surface area (Å²) in [5, 5.41) is 2.82. The Hall–Kier alpha value is -1.95. The average molecular weight is 302 g/mol. The van der Waals surface area contributed by atoms with Crippen molar-refractivity contribution in [3.05, 3.63) is 23.3 Å². The topological polar surface area (TPSA) is 60.0 Å². The molecule has 0 aromatic heterocycles. The molecule has 1 amide bonds. The van der Waals surface area contributed by atoms with Crippen molar-refractivity contribution in [2.75, 3.05) is 26.4 Å². The lowest BCUT2D eigenvalue weighted by Crippen LogP contribution is -2.50. The molecule has 1 aromatic rings. The fourth-order valence-corrected chi connectivity index (χ4v) is 4.21. The second-order valence-electron chi connectivity index (χ2n) is 6.59. The number of amides is 1. The fraction of sp³-hybridized carbons (Fsp3) is 0.562. The highest BCUT2D eigenvalue weighted by Crippen LogP contribution is 2.46. The molecule has 2 saturated heterocycles. The predicted octanol–water partition coefficient (Wildman–Crippen LogP) is 1.59. The molecule has 1 N–H and O–H groups in total. The molecular weight excluding hydrogens is 284 g/mol. The van der Waals surface area contributed by atoms with Crippen LogP contribution >= 0.6 is 0 Å². The minimum Gasteiger partial charge on any atom is -0.454 e. The molecule has 2 fully saturated rings. The van der Waals surface area contributed by atoms with E-state index in [0.29, 0.717) is 19.4 Å². The fourth-order valence-electron chi connectivity index (χ4n) is 4.21. The molecule has 116 valence electrons. The number of carbonyl (C=O) groups excluding carboxylic acids is 1. The Kier molecular flexibility index (Phi) is 2.45. The summed E-state index contributed by atoms with van der Waals surface area (Å²) in [6.07, 6.45) is 2.50. The van der Waals surface area contributed by atoms with Gasteiger partial charge in [0.25, 0.3) is 0 Å². The number of ether oxygens (including phenoxy) is 3. The summed E-state index contributed by atoms with van der Waals surface area (Å²) in [6, 6.07) is 4.53. The summed E-state index contributed by atoms with van der Waals surface area (Å²) < 4.78 is 16.6. The van der Waals surface area contributed by atoms with E-state index in [4.69, 9.17) is 14.2 Å². The maximum absolute atomic E-state index is 11.5. The molecule has 4 aliphatic heterocycles. The molecule has 6 nitrogen and oxygen atoms in total. The van der Waals surface area contributed by atoms with Gasteiger partial charge in [-0.05, 0) is 29.7 Å². The van der Waals surface area contributed by atoms with Crippen molar-refractivity contribution in [2.24, 2.45) is 0 Å². The Balaban J connectivity index is 1.52. The van der Waals surface area contributed by atoms with E-state index in [1.165, 1.54) is 11.1 Å². The van der Waals surface area contributed by atoms with Gasteiger partial charge in [0.15, 0.2) is 11.5 Å². The first-order valence-electron chi connectivity index (χ1n) is 7.86. The minimum atomic E-state index is -0.344. The van der Waals surface area contributed by atoms with Gasteiger partial charge in [-0.3, -0.25) is 4.90 Å². The Morgan fingerprint density at radius 3 is 2.91 bits per heavy atom. The first kappa shape index (κ1) is 12.6. The monoisotopic (exact) mass is 302 g/mol. The van der Waals surface area contributed by atoms with Crippen LogP contribution in [0, 0.1) is 0 Å². The zero-order chi connectivity index (χ0) is 14.7. The van der Waals surface area contributed by atoms with E-state index < -0.39 is 0 Å². The van der Waals surface area contributed by atoms with Gasteiger partial charge in [0, 0.05) is 32.0 Å². The summed E-state index contributed by atoms with van der Waals surface area (Å²) >= 11 is 0. The molecule has 4 heterocycles. The van der Waals surface area contributed by atoms with E-state index in [1.54, 1.807) is 0 Å². The van der Waals surface area contributed by atoms with Crippen molar-refractivity contribution < 1.29 is 19.0 Å². The van der Waals surface area contributed by atoms with Crippen LogP contribution in [0.5, 0.6) is 11.5 Å². The average Bonchev–Trinajstić information content (AvgIpc) is 3.12. The van der Waals surface area contributed by atoms with Gasteiger partial charge in [-0.15, -0.1) is 0 Å². The maximum atomic E-state index is 11.5. The molecular formula is C16H18N2O4. The second kappa shape index (κ2) is 4.29. The van der Waals surface area contributed by atoms with Gasteiger partial charge in [-0.2, -0.15) is 0 Å². The summed E-state index contributed by atoms with van der Waals surface area (Å²) in [4.78, 5) is 14.0. The molecule has 22 heavy (non-hydrogen) atoms. The third kappa shape index (κ3) is 1.73. The molecule has 5 rings (SSSR count). The summed E-state index contributed by atoms with van der Waals surface area (Å²) in [6.45, 7) is 2.94. The van der Waals surface area contributed by atoms with Crippen molar-refractivity contribution in [2.45, 2.75) is 30.9 Å². The van der Waals surface area contributed by atoms with Crippen molar-refractivity contribution in [1.82, 2.24) is 10.2 Å². The molecule has 0 bridgehead atoms. The van der Waals surface area contributed by atoms with E-state index in [0.717, 1.165) is 43.9 Å². The molecule has 1 spiro atoms. The number of piperidine rings is 1. The van der Waals surface area contributed by atoms with E-state index >= 15 is 0 Å². The second-order valence-corrected chi connectivity index (χ2v) is 6.59. The van der Waals surface area contributed by atoms with E-state index in [-0.39, 0.29) is 11.7 Å². The number of hydrogen-bond donors (Lipinski definition) is 1. The minimum absolute atomic E-state index is 0.282. The molecule has 0 aliphatic carbocycles. The highest BCUT2D eigenvalue weighted by Gasteiger charge is 2.48. The predicted molar refractivity (Wildman–Crippen MR) is 77.0 cm³/mol. The highest BCUT2D eigenvalue weighted by atomic mass is 16.7. The Morgan fingerprint density at radius 1 is 1.23 bits per heavy atom. The number of rotatable bonds is 0. The highest BCUT2D eigenvalue weighted by molar-refractivity contribution is 5.70. The summed E-state index contributed by atoms with van der Waals surface area (Å²) in [5.41, 5.74) is 2.29. The van der Waals surface area contributed by atoms with Crippen LogP contribution in [0.25, 0.3) is 0 Å². The van der Waals surface area contributed by atoms with Gasteiger partial charge in [0.05, 0.1) is 6.54 Å². The quantitative estimate of drug-likeness (QED) is 0.788. The Morgan fingerprint density at radius 2 is 2.09 bits per heavy atom. The van der Waals surface area contributed by atoms with E-state index in [9.17, 15) is 4.79 Å². The number of nitrogens with one attached hydrogen (secondary N) is 1. The van der Waals surface area contributed by atoms with Crippen LogP contribution < -0.4 is 14.8 Å². The van der Waals surface area contributed by atoms with Crippen LogP contribution in [-0.2, 0) is 11.2 Å².